The van der Waals surface area contributed by atoms with Gasteiger partial charge in [-0.25, -0.2) is 4.79 Å². The summed E-state index contributed by atoms with van der Waals surface area (Å²) in [7, 11) is 0. The molecule has 7 unspecified atom stereocenters. The van der Waals surface area contributed by atoms with E-state index in [4.69, 9.17) is 23.7 Å². The molecule has 0 bridgehead atoms. The van der Waals surface area contributed by atoms with Crippen LogP contribution in [0.2, 0.25) is 0 Å². The average Bonchev–Trinajstić information content (AvgIpc) is 3.33. The summed E-state index contributed by atoms with van der Waals surface area (Å²) in [4.78, 5) is 12.0. The highest BCUT2D eigenvalue weighted by Gasteiger charge is 2.65. The van der Waals surface area contributed by atoms with Crippen molar-refractivity contribution in [2.75, 3.05) is 6.61 Å². The Bertz CT molecular complexity index is 1010. The molecule has 3 heterocycles. The molecule has 0 amide bonds. The van der Waals surface area contributed by atoms with Crippen molar-refractivity contribution in [3.05, 3.63) is 0 Å². The van der Waals surface area contributed by atoms with Crippen LogP contribution in [-0.4, -0.2) is 71.5 Å². The number of hydrogen-bond donors (Lipinski definition) is 2. The molecule has 2 N–H and O–H groups in total. The zero-order chi connectivity index (χ0) is 30.9. The lowest BCUT2D eigenvalue weighted by molar-refractivity contribution is -0.240. The Labute approximate surface area is 258 Å². The van der Waals surface area contributed by atoms with Crippen LogP contribution in [0.4, 0.5) is 4.79 Å². The van der Waals surface area contributed by atoms with E-state index in [1.165, 1.54) is 6.42 Å². The Balaban J connectivity index is 1.15. The highest BCUT2D eigenvalue weighted by molar-refractivity contribution is 5.63. The number of ether oxygens (including phenoxy) is 5. The van der Waals surface area contributed by atoms with Crippen LogP contribution >= 0.6 is 0 Å². The van der Waals surface area contributed by atoms with Crippen LogP contribution in [0.15, 0.2) is 0 Å². The molecule has 0 aromatic heterocycles. The molecular weight excluding hydrogens is 548 g/mol. The molecular formula is C35H58O8. The first kappa shape index (κ1) is 32.0. The zero-order valence-corrected chi connectivity index (χ0v) is 27.6. The maximum atomic E-state index is 12.0. The molecule has 0 aromatic carbocycles. The third-order valence-corrected chi connectivity index (χ3v) is 13.3. The number of carbonyl (C=O) groups excluding carboxylic acids is 1. The van der Waals surface area contributed by atoms with Gasteiger partial charge in [0, 0.05) is 6.42 Å². The first-order valence-corrected chi connectivity index (χ1v) is 17.4. The summed E-state index contributed by atoms with van der Waals surface area (Å²) in [5, 5.41) is 22.2. The third kappa shape index (κ3) is 5.68. The lowest BCUT2D eigenvalue weighted by Gasteiger charge is -2.51. The molecule has 3 saturated heterocycles. The lowest BCUT2D eigenvalue weighted by Crippen LogP contribution is -2.52. The fourth-order valence-corrected chi connectivity index (χ4v) is 11.2. The van der Waals surface area contributed by atoms with Crippen LogP contribution in [0.1, 0.15) is 113 Å². The van der Waals surface area contributed by atoms with Crippen molar-refractivity contribution in [2.24, 2.45) is 46.3 Å². The quantitative estimate of drug-likeness (QED) is 0.343. The van der Waals surface area contributed by atoms with Gasteiger partial charge in [-0.2, -0.15) is 0 Å². The molecule has 3 aliphatic heterocycles. The van der Waals surface area contributed by atoms with Crippen LogP contribution in [0.3, 0.4) is 0 Å². The normalized spacial score (nSPS) is 50.8. The molecule has 14 atom stereocenters. The Kier molecular flexibility index (Phi) is 8.72. The van der Waals surface area contributed by atoms with Crippen molar-refractivity contribution in [2.45, 2.75) is 161 Å². The van der Waals surface area contributed by atoms with Crippen molar-refractivity contribution in [1.82, 2.24) is 0 Å². The second-order valence-electron chi connectivity index (χ2n) is 16.7. The number of aliphatic hydroxyl groups excluding tert-OH is 2. The highest BCUT2D eigenvalue weighted by Crippen LogP contribution is 2.63. The number of hydrogen-bond acceptors (Lipinski definition) is 8. The predicted octanol–water partition coefficient (Wildman–Crippen LogP) is 6.24. The van der Waals surface area contributed by atoms with E-state index in [9.17, 15) is 15.0 Å². The van der Waals surface area contributed by atoms with Crippen LogP contribution in [-0.2, 0) is 23.7 Å². The molecule has 8 nitrogen and oxygen atoms in total. The highest BCUT2D eigenvalue weighted by atomic mass is 16.8. The second-order valence-corrected chi connectivity index (χ2v) is 16.7. The Morgan fingerprint density at radius 1 is 0.930 bits per heavy atom. The number of aliphatic hydroxyl groups is 2. The fraction of sp³-hybridized carbons (Fsp3) is 0.971. The van der Waals surface area contributed by atoms with Gasteiger partial charge < -0.3 is 33.9 Å². The maximum Gasteiger partial charge on any atom is 0.509 e. The van der Waals surface area contributed by atoms with Crippen molar-refractivity contribution in [3.63, 3.8) is 0 Å². The molecule has 43 heavy (non-hydrogen) atoms. The molecule has 246 valence electrons. The fourth-order valence-electron chi connectivity index (χ4n) is 11.2. The van der Waals surface area contributed by atoms with Crippen molar-refractivity contribution in [3.8, 4) is 0 Å². The Morgan fingerprint density at radius 2 is 1.70 bits per heavy atom. The summed E-state index contributed by atoms with van der Waals surface area (Å²) >= 11 is 0. The van der Waals surface area contributed by atoms with Gasteiger partial charge in [0.15, 0.2) is 12.4 Å². The van der Waals surface area contributed by atoms with Crippen LogP contribution in [0.5, 0.6) is 0 Å². The van der Waals surface area contributed by atoms with E-state index >= 15 is 0 Å². The van der Waals surface area contributed by atoms with Crippen LogP contribution < -0.4 is 0 Å². The van der Waals surface area contributed by atoms with Crippen molar-refractivity contribution < 1.29 is 38.7 Å². The summed E-state index contributed by atoms with van der Waals surface area (Å²) in [5.41, 5.74) is -0.707. The van der Waals surface area contributed by atoms with Gasteiger partial charge in [-0.3, -0.25) is 0 Å². The minimum Gasteiger partial charge on any atom is -0.424 e. The standard InChI is InChI=1S/C35H58O8/c1-19-10-13-25(41-26-18-22(36)14-16-39-26)33(3,4)23(19)12-11-21-9-8-15-35(7)27-20(2)17-24(40-30(27)29(37)28(21)35)31-34(5,6)43-32(38)42-31/h19-31,36-37H,8-18H2,1-7H3/t19?,20-,21+,22+,23?,24-,25+,26?,27?,28?,29?,30?,31+,35-/m1/s1. The van der Waals surface area contributed by atoms with E-state index in [0.717, 1.165) is 44.9 Å². The summed E-state index contributed by atoms with van der Waals surface area (Å²) in [6, 6.07) is 0. The molecule has 3 aliphatic carbocycles. The van der Waals surface area contributed by atoms with E-state index in [-0.39, 0.29) is 47.5 Å². The number of cyclic esters (lactones) is 2. The van der Waals surface area contributed by atoms with Gasteiger partial charge in [0.1, 0.15) is 5.60 Å². The van der Waals surface area contributed by atoms with Crippen molar-refractivity contribution in [1.29, 1.82) is 0 Å². The zero-order valence-electron chi connectivity index (χ0n) is 27.6. The summed E-state index contributed by atoms with van der Waals surface area (Å²) in [5.74, 6) is 2.45. The minimum atomic E-state index is -0.745. The van der Waals surface area contributed by atoms with E-state index in [0.29, 0.717) is 49.0 Å². The van der Waals surface area contributed by atoms with Gasteiger partial charge >= 0.3 is 6.16 Å². The minimum absolute atomic E-state index is 0.00210. The van der Waals surface area contributed by atoms with E-state index in [1.807, 2.05) is 13.8 Å². The molecule has 0 radical (unpaired) electrons. The Hall–Kier alpha value is -0.930. The largest absolute Gasteiger partial charge is 0.509 e. The molecule has 8 heteroatoms. The second kappa shape index (κ2) is 11.7. The van der Waals surface area contributed by atoms with Crippen LogP contribution in [0, 0.1) is 46.3 Å². The molecule has 6 aliphatic rings. The molecule has 0 aromatic rings. The van der Waals surface area contributed by atoms with Gasteiger partial charge in [-0.1, -0.05) is 47.5 Å². The monoisotopic (exact) mass is 606 g/mol. The smallest absolute Gasteiger partial charge is 0.424 e. The molecule has 3 saturated carbocycles. The van der Waals surface area contributed by atoms with E-state index in [2.05, 4.69) is 34.6 Å². The van der Waals surface area contributed by atoms with E-state index < -0.39 is 24.0 Å². The first-order chi connectivity index (χ1) is 20.2. The first-order valence-electron chi connectivity index (χ1n) is 17.4. The Morgan fingerprint density at radius 3 is 2.40 bits per heavy atom. The SMILES string of the molecule is CC1CC[C@H](OC2C[C@@H](O)CCO2)C(C)(C)C1CC[C@@H]1CCC[C@@]2(C)C1C(O)C1O[C@@H]([C@@H]3OC(=O)OC3(C)C)C[C@@H](C)C12. The maximum absolute atomic E-state index is 12.0. The molecule has 6 fully saturated rings. The van der Waals surface area contributed by atoms with Gasteiger partial charge in [0.25, 0.3) is 0 Å². The van der Waals surface area contributed by atoms with Gasteiger partial charge in [-0.15, -0.1) is 0 Å². The predicted molar refractivity (Wildman–Crippen MR) is 161 cm³/mol. The summed E-state index contributed by atoms with van der Waals surface area (Å²) in [6.07, 6.45) is 7.30. The number of carbonyl (C=O) groups is 1. The lowest BCUT2D eigenvalue weighted by atomic mass is 9.56. The topological polar surface area (TPSA) is 104 Å². The molecule has 0 spiro atoms. The van der Waals surface area contributed by atoms with Gasteiger partial charge in [-0.05, 0) is 105 Å². The number of rotatable bonds is 6. The third-order valence-electron chi connectivity index (χ3n) is 13.3. The van der Waals surface area contributed by atoms with Gasteiger partial charge in [0.2, 0.25) is 0 Å². The summed E-state index contributed by atoms with van der Waals surface area (Å²) < 4.78 is 30.3. The van der Waals surface area contributed by atoms with Crippen LogP contribution in [0.25, 0.3) is 0 Å². The molecule has 6 rings (SSSR count). The number of fused-ring (bicyclic) bond motifs is 3. The van der Waals surface area contributed by atoms with E-state index in [1.54, 1.807) is 0 Å². The van der Waals surface area contributed by atoms with Crippen molar-refractivity contribution >= 4 is 6.16 Å². The average molecular weight is 607 g/mol. The van der Waals surface area contributed by atoms with Gasteiger partial charge in [0.05, 0.1) is 37.1 Å². The summed E-state index contributed by atoms with van der Waals surface area (Å²) in [6.45, 7) is 16.2.